The zero-order chi connectivity index (χ0) is 14.7. The predicted molar refractivity (Wildman–Crippen MR) is 75.5 cm³/mol. The number of aliphatic hydroxyl groups excluding tert-OH is 1. The monoisotopic (exact) mass is 288 g/mol. The van der Waals surface area contributed by atoms with Gasteiger partial charge >= 0.3 is 5.69 Å². The second-order valence-corrected chi connectivity index (χ2v) is 4.83. The number of hydrogen-bond donors (Lipinski definition) is 1. The fourth-order valence-electron chi connectivity index (χ4n) is 2.20. The normalized spacial score (nSPS) is 15.3. The van der Waals surface area contributed by atoms with Crippen LogP contribution in [0.15, 0.2) is 41.5 Å². The molecule has 0 radical (unpaired) electrons. The van der Waals surface area contributed by atoms with Gasteiger partial charge in [0.2, 0.25) is 0 Å². The van der Waals surface area contributed by atoms with Crippen LogP contribution in [0.5, 0.6) is 11.5 Å². The van der Waals surface area contributed by atoms with E-state index in [2.05, 4.69) is 4.98 Å². The van der Waals surface area contributed by atoms with Gasteiger partial charge in [0, 0.05) is 18.8 Å². The van der Waals surface area contributed by atoms with E-state index in [1.165, 1.54) is 10.8 Å². The minimum absolute atomic E-state index is 0.145. The van der Waals surface area contributed by atoms with Crippen LogP contribution in [0.3, 0.4) is 0 Å². The van der Waals surface area contributed by atoms with Crippen molar-refractivity contribution in [2.75, 3.05) is 13.2 Å². The van der Waals surface area contributed by atoms with Gasteiger partial charge in [0.25, 0.3) is 0 Å². The first-order valence-corrected chi connectivity index (χ1v) is 6.83. The van der Waals surface area contributed by atoms with E-state index >= 15 is 0 Å². The summed E-state index contributed by atoms with van der Waals surface area (Å²) in [6.07, 6.45) is 3.04. The summed E-state index contributed by atoms with van der Waals surface area (Å²) >= 11 is 0. The minimum atomic E-state index is -0.816. The molecule has 1 N–H and O–H groups in total. The molecule has 2 aromatic rings. The van der Waals surface area contributed by atoms with E-state index in [4.69, 9.17) is 9.47 Å². The van der Waals surface area contributed by atoms with Gasteiger partial charge in [0.05, 0.1) is 25.9 Å². The van der Waals surface area contributed by atoms with Crippen LogP contribution in [0.4, 0.5) is 0 Å². The van der Waals surface area contributed by atoms with E-state index in [0.717, 1.165) is 6.42 Å². The number of nitrogens with zero attached hydrogens (tertiary/aromatic N) is 2. The molecule has 21 heavy (non-hydrogen) atoms. The molecule has 6 heteroatoms. The van der Waals surface area contributed by atoms with Crippen molar-refractivity contribution in [2.24, 2.45) is 0 Å². The topological polar surface area (TPSA) is 73.6 Å². The summed E-state index contributed by atoms with van der Waals surface area (Å²) in [4.78, 5) is 15.2. The van der Waals surface area contributed by atoms with E-state index < -0.39 is 6.10 Å². The van der Waals surface area contributed by atoms with Crippen molar-refractivity contribution in [1.29, 1.82) is 0 Å². The van der Waals surface area contributed by atoms with Gasteiger partial charge < -0.3 is 14.6 Å². The first-order valence-electron chi connectivity index (χ1n) is 6.83. The first-order chi connectivity index (χ1) is 10.2. The van der Waals surface area contributed by atoms with Gasteiger partial charge in [-0.05, 0) is 23.8 Å². The molecule has 1 aromatic heterocycles. The van der Waals surface area contributed by atoms with Crippen molar-refractivity contribution in [2.45, 2.75) is 19.1 Å². The lowest BCUT2D eigenvalue weighted by Crippen LogP contribution is -2.24. The van der Waals surface area contributed by atoms with Crippen molar-refractivity contribution >= 4 is 0 Å². The zero-order valence-electron chi connectivity index (χ0n) is 11.4. The Morgan fingerprint density at radius 3 is 2.90 bits per heavy atom. The van der Waals surface area contributed by atoms with E-state index in [1.807, 2.05) is 0 Å². The third-order valence-electron chi connectivity index (χ3n) is 3.31. The summed E-state index contributed by atoms with van der Waals surface area (Å²) in [5.41, 5.74) is 0.292. The van der Waals surface area contributed by atoms with Crippen molar-refractivity contribution in [1.82, 2.24) is 9.55 Å². The van der Waals surface area contributed by atoms with Crippen molar-refractivity contribution in [3.05, 3.63) is 52.7 Å². The molecule has 0 spiro atoms. The number of aliphatic hydroxyl groups is 1. The summed E-state index contributed by atoms with van der Waals surface area (Å²) in [5.74, 6) is 1.31. The first kappa shape index (κ1) is 13.6. The van der Waals surface area contributed by atoms with Gasteiger partial charge in [-0.1, -0.05) is 6.07 Å². The van der Waals surface area contributed by atoms with Crippen molar-refractivity contribution in [3.8, 4) is 11.5 Å². The summed E-state index contributed by atoms with van der Waals surface area (Å²) in [7, 11) is 0. The minimum Gasteiger partial charge on any atom is -0.490 e. The van der Waals surface area contributed by atoms with Crippen LogP contribution in [-0.4, -0.2) is 27.9 Å². The molecule has 1 unspecified atom stereocenters. The highest BCUT2D eigenvalue weighted by Crippen LogP contribution is 2.32. The number of fused-ring (bicyclic) bond motifs is 1. The molecule has 0 amide bonds. The number of benzene rings is 1. The molecular formula is C15H16N2O4. The second-order valence-electron chi connectivity index (χ2n) is 4.83. The maximum absolute atomic E-state index is 11.6. The quantitative estimate of drug-likeness (QED) is 0.916. The Morgan fingerprint density at radius 2 is 2.10 bits per heavy atom. The summed E-state index contributed by atoms with van der Waals surface area (Å²) in [6.45, 7) is 1.36. The van der Waals surface area contributed by atoms with E-state index in [9.17, 15) is 9.90 Å². The van der Waals surface area contributed by atoms with Crippen molar-refractivity contribution < 1.29 is 14.6 Å². The lowest BCUT2D eigenvalue weighted by Gasteiger charge is -2.15. The third kappa shape index (κ3) is 3.05. The molecule has 1 aliphatic rings. The van der Waals surface area contributed by atoms with Crippen molar-refractivity contribution in [3.63, 3.8) is 0 Å². The average Bonchev–Trinajstić information content (AvgIpc) is 2.74. The van der Waals surface area contributed by atoms with Crippen LogP contribution in [-0.2, 0) is 6.54 Å². The number of hydrogen-bond acceptors (Lipinski definition) is 5. The van der Waals surface area contributed by atoms with Crippen LogP contribution >= 0.6 is 0 Å². The molecule has 1 atom stereocenters. The highest BCUT2D eigenvalue weighted by atomic mass is 16.5. The van der Waals surface area contributed by atoms with Gasteiger partial charge in [-0.2, -0.15) is 0 Å². The summed E-state index contributed by atoms with van der Waals surface area (Å²) < 4.78 is 12.5. The Kier molecular flexibility index (Phi) is 3.87. The Bertz CT molecular complexity index is 683. The number of ether oxygens (including phenoxy) is 2. The maximum Gasteiger partial charge on any atom is 0.347 e. The highest BCUT2D eigenvalue weighted by Gasteiger charge is 2.15. The molecular weight excluding hydrogens is 272 g/mol. The van der Waals surface area contributed by atoms with Crippen LogP contribution in [0.2, 0.25) is 0 Å². The van der Waals surface area contributed by atoms with E-state index in [1.54, 1.807) is 30.5 Å². The zero-order valence-corrected chi connectivity index (χ0v) is 11.4. The van der Waals surface area contributed by atoms with Crippen LogP contribution in [0.1, 0.15) is 18.1 Å². The van der Waals surface area contributed by atoms with E-state index in [-0.39, 0.29) is 12.2 Å². The lowest BCUT2D eigenvalue weighted by atomic mass is 10.1. The fraction of sp³-hybridized carbons (Fsp3) is 0.333. The molecule has 6 nitrogen and oxygen atoms in total. The van der Waals surface area contributed by atoms with Crippen LogP contribution in [0.25, 0.3) is 0 Å². The Labute approximate surface area is 121 Å². The average molecular weight is 288 g/mol. The molecule has 0 saturated carbocycles. The summed E-state index contributed by atoms with van der Waals surface area (Å²) in [5, 5.41) is 10.3. The maximum atomic E-state index is 11.6. The fourth-order valence-corrected chi connectivity index (χ4v) is 2.20. The molecule has 0 aliphatic carbocycles. The van der Waals surface area contributed by atoms with Gasteiger partial charge in [0.1, 0.15) is 0 Å². The molecule has 3 rings (SSSR count). The molecule has 2 heterocycles. The third-order valence-corrected chi connectivity index (χ3v) is 3.31. The highest BCUT2D eigenvalue weighted by molar-refractivity contribution is 5.44. The standard InChI is InChI=1S/C15H16N2O4/c18-12(10-17-6-1-5-16-15(17)19)11-3-4-13-14(9-11)21-8-2-7-20-13/h1,3-6,9,12,18H,2,7-8,10H2. The van der Waals surface area contributed by atoms with Crippen LogP contribution in [0, 0.1) is 0 Å². The molecule has 0 saturated heterocycles. The predicted octanol–water partition coefficient (Wildman–Crippen LogP) is 1.14. The molecule has 1 aliphatic heterocycles. The Morgan fingerprint density at radius 1 is 1.29 bits per heavy atom. The number of rotatable bonds is 3. The Hall–Kier alpha value is -2.34. The van der Waals surface area contributed by atoms with Gasteiger partial charge in [-0.3, -0.25) is 4.57 Å². The van der Waals surface area contributed by atoms with Gasteiger partial charge in [-0.25, -0.2) is 9.78 Å². The van der Waals surface area contributed by atoms with E-state index in [0.29, 0.717) is 30.3 Å². The van der Waals surface area contributed by atoms with Crippen LogP contribution < -0.4 is 15.2 Å². The van der Waals surface area contributed by atoms with Gasteiger partial charge in [-0.15, -0.1) is 0 Å². The molecule has 0 bridgehead atoms. The summed E-state index contributed by atoms with van der Waals surface area (Å²) in [6, 6.07) is 6.97. The SMILES string of the molecule is O=c1ncccn1CC(O)c1ccc2c(c1)OCCCO2. The Balaban J connectivity index is 1.82. The lowest BCUT2D eigenvalue weighted by molar-refractivity contribution is 0.154. The molecule has 1 aromatic carbocycles. The molecule has 110 valence electrons. The van der Waals surface area contributed by atoms with Gasteiger partial charge in [0.15, 0.2) is 11.5 Å². The molecule has 0 fully saturated rings. The number of aromatic nitrogens is 2. The largest absolute Gasteiger partial charge is 0.490 e. The second kappa shape index (κ2) is 5.97. The smallest absolute Gasteiger partial charge is 0.347 e.